The Morgan fingerprint density at radius 3 is 2.33 bits per heavy atom. The topological polar surface area (TPSA) is 60.9 Å². The van der Waals surface area contributed by atoms with Gasteiger partial charge in [0.2, 0.25) is 0 Å². The summed E-state index contributed by atoms with van der Waals surface area (Å²) in [4.78, 5) is 14.2. The smallest absolute Gasteiger partial charge is 0.155 e. The number of hydrogen-bond donors (Lipinski definition) is 1. The van der Waals surface area contributed by atoms with E-state index in [0.29, 0.717) is 6.04 Å². The van der Waals surface area contributed by atoms with Gasteiger partial charge in [0, 0.05) is 61.4 Å². The summed E-state index contributed by atoms with van der Waals surface area (Å²) in [6.07, 6.45) is 3.56. The Morgan fingerprint density at radius 1 is 0.963 bits per heavy atom. The summed E-state index contributed by atoms with van der Waals surface area (Å²) >= 11 is 0. The first-order valence-corrected chi connectivity index (χ1v) is 9.52. The number of hydrogen-bond acceptors (Lipinski definition) is 5. The summed E-state index contributed by atoms with van der Waals surface area (Å²) in [6, 6.07) is 10.7. The molecule has 140 valence electrons. The third-order valence-electron chi connectivity index (χ3n) is 5.49. The number of aryl methyl sites for hydroxylation is 2. The van der Waals surface area contributed by atoms with E-state index >= 15 is 0 Å². The van der Waals surface area contributed by atoms with Crippen molar-refractivity contribution in [2.45, 2.75) is 26.8 Å². The van der Waals surface area contributed by atoms with Crippen molar-refractivity contribution >= 4 is 5.82 Å². The summed E-state index contributed by atoms with van der Waals surface area (Å²) in [7, 11) is 0. The first kappa shape index (κ1) is 17.7. The summed E-state index contributed by atoms with van der Waals surface area (Å²) in [5.41, 5.74) is 5.67. The predicted molar refractivity (Wildman–Crippen MR) is 108 cm³/mol. The van der Waals surface area contributed by atoms with E-state index in [4.69, 9.17) is 0 Å². The van der Waals surface area contributed by atoms with Gasteiger partial charge >= 0.3 is 0 Å². The van der Waals surface area contributed by atoms with Crippen LogP contribution < -0.4 is 4.90 Å². The normalized spacial score (nSPS) is 16.5. The van der Waals surface area contributed by atoms with Crippen LogP contribution in [-0.2, 0) is 0 Å². The number of nitrogens with zero attached hydrogens (tertiary/aromatic N) is 5. The molecule has 1 unspecified atom stereocenters. The lowest BCUT2D eigenvalue weighted by atomic mass is 10.0. The number of piperazine rings is 1. The van der Waals surface area contributed by atoms with Crippen LogP contribution in [0, 0.1) is 13.8 Å². The molecule has 3 aromatic rings. The highest BCUT2D eigenvalue weighted by Crippen LogP contribution is 2.30. The van der Waals surface area contributed by atoms with Crippen molar-refractivity contribution in [1.29, 1.82) is 0 Å². The first-order valence-electron chi connectivity index (χ1n) is 9.52. The molecule has 1 aromatic carbocycles. The van der Waals surface area contributed by atoms with Crippen LogP contribution in [0.2, 0.25) is 0 Å². The zero-order valence-electron chi connectivity index (χ0n) is 16.2. The van der Waals surface area contributed by atoms with Crippen LogP contribution >= 0.6 is 0 Å². The average Bonchev–Trinajstić information content (AvgIpc) is 3.06. The van der Waals surface area contributed by atoms with Crippen molar-refractivity contribution in [3.63, 3.8) is 0 Å². The van der Waals surface area contributed by atoms with Gasteiger partial charge in [-0.25, -0.2) is 4.98 Å². The van der Waals surface area contributed by atoms with E-state index in [2.05, 4.69) is 62.9 Å². The fraction of sp³-hybridized carbons (Fsp3) is 0.381. The van der Waals surface area contributed by atoms with E-state index in [0.717, 1.165) is 48.9 Å². The maximum absolute atomic E-state index is 4.66. The number of aromatic nitrogens is 4. The minimum absolute atomic E-state index is 0.362. The molecule has 6 heteroatoms. The zero-order valence-corrected chi connectivity index (χ0v) is 16.2. The molecule has 3 heterocycles. The Labute approximate surface area is 160 Å². The zero-order chi connectivity index (χ0) is 18.8. The van der Waals surface area contributed by atoms with Crippen LogP contribution in [0.15, 0.2) is 42.7 Å². The van der Waals surface area contributed by atoms with Gasteiger partial charge in [0.05, 0.1) is 5.69 Å². The minimum Gasteiger partial charge on any atom is -0.352 e. The SMILES string of the molecule is Cc1n[nH]c(C)c1C(C)N1CCN(c2nccnc2-c2ccccc2)CC1. The van der Waals surface area contributed by atoms with Crippen molar-refractivity contribution in [3.8, 4) is 11.3 Å². The van der Waals surface area contributed by atoms with E-state index in [1.807, 2.05) is 18.2 Å². The molecule has 0 amide bonds. The minimum atomic E-state index is 0.362. The van der Waals surface area contributed by atoms with Gasteiger partial charge in [-0.1, -0.05) is 30.3 Å². The molecule has 0 aliphatic carbocycles. The van der Waals surface area contributed by atoms with Gasteiger partial charge in [-0.2, -0.15) is 5.10 Å². The van der Waals surface area contributed by atoms with Crippen molar-refractivity contribution in [3.05, 3.63) is 59.7 Å². The molecule has 6 nitrogen and oxygen atoms in total. The van der Waals surface area contributed by atoms with Crippen LogP contribution in [0.3, 0.4) is 0 Å². The number of H-pyrrole nitrogens is 1. The Kier molecular flexibility index (Phi) is 4.90. The summed E-state index contributed by atoms with van der Waals surface area (Å²) in [6.45, 7) is 10.3. The standard InChI is InChI=1S/C21H26N6/c1-15-19(16(2)25-24-15)17(3)26-11-13-27(14-12-26)21-20(22-9-10-23-21)18-7-5-4-6-8-18/h4-10,17H,11-14H2,1-3H3,(H,24,25). The van der Waals surface area contributed by atoms with Gasteiger partial charge < -0.3 is 4.90 Å². The quantitative estimate of drug-likeness (QED) is 0.771. The van der Waals surface area contributed by atoms with Gasteiger partial charge in [0.25, 0.3) is 0 Å². The molecule has 1 aliphatic heterocycles. The van der Waals surface area contributed by atoms with Gasteiger partial charge in [0.1, 0.15) is 5.69 Å². The van der Waals surface area contributed by atoms with E-state index in [1.54, 1.807) is 12.4 Å². The van der Waals surface area contributed by atoms with E-state index in [1.165, 1.54) is 11.3 Å². The molecule has 4 rings (SSSR count). The van der Waals surface area contributed by atoms with Crippen molar-refractivity contribution in [2.75, 3.05) is 31.1 Å². The second kappa shape index (κ2) is 7.48. The second-order valence-electron chi connectivity index (χ2n) is 7.14. The highest BCUT2D eigenvalue weighted by Gasteiger charge is 2.27. The van der Waals surface area contributed by atoms with Gasteiger partial charge in [0.15, 0.2) is 5.82 Å². The van der Waals surface area contributed by atoms with Crippen molar-refractivity contribution in [2.24, 2.45) is 0 Å². The highest BCUT2D eigenvalue weighted by atomic mass is 15.3. The maximum Gasteiger partial charge on any atom is 0.155 e. The molecule has 2 aromatic heterocycles. The maximum atomic E-state index is 4.66. The van der Waals surface area contributed by atoms with E-state index < -0.39 is 0 Å². The molecule has 1 fully saturated rings. The Hall–Kier alpha value is -2.73. The molecule has 0 spiro atoms. The summed E-state index contributed by atoms with van der Waals surface area (Å²) in [5, 5.41) is 7.47. The van der Waals surface area contributed by atoms with E-state index in [9.17, 15) is 0 Å². The number of nitrogens with one attached hydrogen (secondary N) is 1. The third kappa shape index (κ3) is 3.45. The van der Waals surface area contributed by atoms with Gasteiger partial charge in [-0.15, -0.1) is 0 Å². The molecule has 0 saturated carbocycles. The molecule has 1 saturated heterocycles. The van der Waals surface area contributed by atoms with Crippen LogP contribution in [0.25, 0.3) is 11.3 Å². The van der Waals surface area contributed by atoms with Gasteiger partial charge in [-0.3, -0.25) is 15.0 Å². The third-order valence-corrected chi connectivity index (χ3v) is 5.49. The van der Waals surface area contributed by atoms with Crippen LogP contribution in [0.1, 0.15) is 29.9 Å². The average molecular weight is 362 g/mol. The highest BCUT2D eigenvalue weighted by molar-refractivity contribution is 5.71. The summed E-state index contributed by atoms with van der Waals surface area (Å²) < 4.78 is 0. The number of benzene rings is 1. The Morgan fingerprint density at radius 2 is 1.67 bits per heavy atom. The largest absolute Gasteiger partial charge is 0.352 e. The molecule has 1 atom stereocenters. The lowest BCUT2D eigenvalue weighted by molar-refractivity contribution is 0.197. The fourth-order valence-electron chi connectivity index (χ4n) is 4.04. The van der Waals surface area contributed by atoms with Crippen molar-refractivity contribution < 1.29 is 0 Å². The van der Waals surface area contributed by atoms with Crippen LogP contribution in [0.4, 0.5) is 5.82 Å². The first-order chi connectivity index (χ1) is 13.1. The number of anilines is 1. The number of aromatic amines is 1. The fourth-order valence-corrected chi connectivity index (χ4v) is 4.04. The monoisotopic (exact) mass is 362 g/mol. The lowest BCUT2D eigenvalue weighted by Gasteiger charge is -2.39. The van der Waals surface area contributed by atoms with E-state index in [-0.39, 0.29) is 0 Å². The van der Waals surface area contributed by atoms with Crippen LogP contribution in [-0.4, -0.2) is 51.2 Å². The predicted octanol–water partition coefficient (Wildman–Crippen LogP) is 3.37. The molecule has 27 heavy (non-hydrogen) atoms. The summed E-state index contributed by atoms with van der Waals surface area (Å²) in [5.74, 6) is 0.978. The Bertz CT molecular complexity index is 877. The second-order valence-corrected chi connectivity index (χ2v) is 7.14. The van der Waals surface area contributed by atoms with Gasteiger partial charge in [-0.05, 0) is 20.8 Å². The molecular weight excluding hydrogens is 336 g/mol. The molecule has 1 aliphatic rings. The van der Waals surface area contributed by atoms with Crippen LogP contribution in [0.5, 0.6) is 0 Å². The molecule has 1 N–H and O–H groups in total. The number of rotatable bonds is 4. The molecule has 0 radical (unpaired) electrons. The Balaban J connectivity index is 1.51. The molecule has 0 bridgehead atoms. The molecular formula is C21H26N6. The lowest BCUT2D eigenvalue weighted by Crippen LogP contribution is -2.47. The van der Waals surface area contributed by atoms with Crippen molar-refractivity contribution in [1.82, 2.24) is 25.1 Å².